The molecule has 3 heterocycles. The van der Waals surface area contributed by atoms with Crippen LogP contribution in [0.15, 0.2) is 54.3 Å². The summed E-state index contributed by atoms with van der Waals surface area (Å²) in [5.74, 6) is -0.227. The van der Waals surface area contributed by atoms with Crippen molar-refractivity contribution in [3.63, 3.8) is 0 Å². The monoisotopic (exact) mass is 302 g/mol. The van der Waals surface area contributed by atoms with Crippen LogP contribution in [0.1, 0.15) is 12.0 Å². The fourth-order valence-corrected chi connectivity index (χ4v) is 2.78. The molecule has 0 saturated heterocycles. The first-order valence-electron chi connectivity index (χ1n) is 6.72. The summed E-state index contributed by atoms with van der Waals surface area (Å²) in [5.41, 5.74) is 5.76. The number of para-hydroxylation sites is 1. The number of pyridine rings is 1. The fraction of sp³-hybridized carbons (Fsp3) is 0.133. The molecule has 2 aromatic rings. The molecule has 0 amide bonds. The van der Waals surface area contributed by atoms with Crippen molar-refractivity contribution in [3.8, 4) is 0 Å². The Labute approximate surface area is 126 Å². The Hall–Kier alpha value is -2.64. The highest BCUT2D eigenvalue weighted by atomic mass is 19.1. The van der Waals surface area contributed by atoms with Gasteiger partial charge >= 0.3 is 0 Å². The number of aromatic nitrogens is 1. The number of aliphatic hydroxyl groups excluding tert-OH is 1. The van der Waals surface area contributed by atoms with E-state index in [2.05, 4.69) is 10.5 Å². The van der Waals surface area contributed by atoms with Crippen molar-refractivity contribution < 1.29 is 15.0 Å². The van der Waals surface area contributed by atoms with Crippen LogP contribution in [-0.2, 0) is 6.42 Å². The van der Waals surface area contributed by atoms with Crippen LogP contribution in [0, 0.1) is 5.82 Å². The Kier molecular flexibility index (Phi) is 3.44. The normalized spacial score (nSPS) is 16.2. The fourth-order valence-electron chi connectivity index (χ4n) is 2.78. The van der Waals surface area contributed by atoms with Gasteiger partial charge in [0.1, 0.15) is 5.82 Å². The summed E-state index contributed by atoms with van der Waals surface area (Å²) in [6, 6.07) is 8.63. The Bertz CT molecular complexity index is 736. The molecule has 0 aliphatic carbocycles. The summed E-state index contributed by atoms with van der Waals surface area (Å²) in [6.07, 6.45) is 4.63. The van der Waals surface area contributed by atoms with Crippen molar-refractivity contribution in [2.24, 2.45) is 0 Å². The maximum absolute atomic E-state index is 14.1. The molecule has 0 saturated carbocycles. The summed E-state index contributed by atoms with van der Waals surface area (Å²) in [6.45, 7) is 0. The molecule has 0 atom stereocenters. The van der Waals surface area contributed by atoms with E-state index >= 15 is 0 Å². The Balaban J connectivity index is 0.00000144. The van der Waals surface area contributed by atoms with Crippen LogP contribution in [-0.4, -0.2) is 15.6 Å². The number of aliphatic hydroxyl groups is 1. The Morgan fingerprint density at radius 1 is 1.14 bits per heavy atom. The second-order valence-corrected chi connectivity index (χ2v) is 5.00. The number of hydrogen-bond donors (Lipinski definition) is 2. The van der Waals surface area contributed by atoms with E-state index in [1.54, 1.807) is 29.5 Å². The molecule has 0 spiro atoms. The molecule has 2 aliphatic rings. The highest BCUT2D eigenvalue weighted by molar-refractivity contribution is 5.66. The molecule has 0 unspecified atom stereocenters. The number of nitrogens with one attached hydrogen (secondary N) is 1. The maximum atomic E-state index is 14.1. The Morgan fingerprint density at radius 3 is 2.77 bits per heavy atom. The minimum absolute atomic E-state index is 0. The number of halogens is 1. The van der Waals surface area contributed by atoms with Crippen molar-refractivity contribution >= 4 is 11.4 Å². The Morgan fingerprint density at radius 2 is 2.00 bits per heavy atom. The van der Waals surface area contributed by atoms with Gasteiger partial charge in [0.25, 0.3) is 0 Å². The topological polar surface area (TPSA) is 83.1 Å². The van der Waals surface area contributed by atoms with E-state index in [0.717, 1.165) is 5.56 Å². The van der Waals surface area contributed by atoms with Gasteiger partial charge in [0, 0.05) is 6.20 Å². The van der Waals surface area contributed by atoms with Crippen LogP contribution in [0.4, 0.5) is 15.8 Å². The number of allylic oxidation sites excluding steroid dienone is 1. The van der Waals surface area contributed by atoms with E-state index in [4.69, 9.17) is 0 Å². The molecule has 0 radical (unpaired) electrons. The van der Waals surface area contributed by atoms with Gasteiger partial charge < -0.3 is 10.6 Å². The van der Waals surface area contributed by atoms with Gasteiger partial charge in [-0.15, -0.1) is 5.53 Å². The van der Waals surface area contributed by atoms with Crippen LogP contribution >= 0.6 is 0 Å². The molecule has 1 aromatic heterocycles. The zero-order valence-electron chi connectivity index (χ0n) is 11.6. The van der Waals surface area contributed by atoms with E-state index in [1.165, 1.54) is 11.1 Å². The zero-order valence-corrected chi connectivity index (χ0v) is 11.6. The van der Waals surface area contributed by atoms with Gasteiger partial charge in [-0.1, -0.05) is 12.1 Å². The van der Waals surface area contributed by atoms with Gasteiger partial charge in [-0.05, 0) is 36.6 Å². The van der Waals surface area contributed by atoms with Gasteiger partial charge in [0.05, 0.1) is 23.3 Å². The second kappa shape index (κ2) is 5.28. The van der Waals surface area contributed by atoms with E-state index in [-0.39, 0.29) is 17.2 Å². The minimum atomic E-state index is -0.307. The molecular formula is C15H15FN4O2. The number of rotatable bonds is 1. The third kappa shape index (κ3) is 1.99. The van der Waals surface area contributed by atoms with E-state index in [1.807, 2.05) is 12.1 Å². The number of benzene rings is 1. The molecular weight excluding hydrogens is 287 g/mol. The highest BCUT2D eigenvalue weighted by Gasteiger charge is 2.36. The predicted molar refractivity (Wildman–Crippen MR) is 80.3 cm³/mol. The molecule has 22 heavy (non-hydrogen) atoms. The van der Waals surface area contributed by atoms with Gasteiger partial charge in [-0.2, -0.15) is 0 Å². The van der Waals surface area contributed by atoms with Gasteiger partial charge in [0.2, 0.25) is 5.88 Å². The lowest BCUT2D eigenvalue weighted by Gasteiger charge is -2.29. The number of hydrazine groups is 2. The molecule has 6 nitrogen and oxygen atoms in total. The molecule has 4 rings (SSSR count). The minimum Gasteiger partial charge on any atom is -0.492 e. The summed E-state index contributed by atoms with van der Waals surface area (Å²) < 4.78 is 14.1. The zero-order chi connectivity index (χ0) is 14.4. The van der Waals surface area contributed by atoms with Crippen LogP contribution in [0.5, 0.6) is 0 Å². The summed E-state index contributed by atoms with van der Waals surface area (Å²) in [4.78, 5) is 4.03. The first kappa shape index (κ1) is 14.3. The lowest BCUT2D eigenvalue weighted by Crippen LogP contribution is -2.43. The third-order valence-electron chi connectivity index (χ3n) is 3.77. The van der Waals surface area contributed by atoms with Crippen LogP contribution in [0.2, 0.25) is 0 Å². The van der Waals surface area contributed by atoms with Gasteiger partial charge in [-0.3, -0.25) is 9.99 Å². The SMILES string of the molecule is O.OC1=C2CCc3cccc(F)c3N2NN1c1cccnc1. The molecule has 4 N–H and O–H groups in total. The molecule has 0 bridgehead atoms. The molecule has 0 fully saturated rings. The summed E-state index contributed by atoms with van der Waals surface area (Å²) in [5, 5.41) is 13.5. The van der Waals surface area contributed by atoms with Crippen molar-refractivity contribution in [1.82, 2.24) is 10.5 Å². The molecule has 1 aromatic carbocycles. The summed E-state index contributed by atoms with van der Waals surface area (Å²) >= 11 is 0. The second-order valence-electron chi connectivity index (χ2n) is 5.00. The van der Waals surface area contributed by atoms with E-state index in [9.17, 15) is 9.50 Å². The number of fused-ring (bicyclic) bond motifs is 3. The number of nitrogens with zero attached hydrogens (tertiary/aromatic N) is 3. The van der Waals surface area contributed by atoms with Crippen LogP contribution < -0.4 is 15.6 Å². The summed E-state index contributed by atoms with van der Waals surface area (Å²) in [7, 11) is 0. The molecule has 7 heteroatoms. The lowest BCUT2D eigenvalue weighted by molar-refractivity contribution is 0.386. The largest absolute Gasteiger partial charge is 0.492 e. The quantitative estimate of drug-likeness (QED) is 0.839. The van der Waals surface area contributed by atoms with Gasteiger partial charge in [0.15, 0.2) is 0 Å². The smallest absolute Gasteiger partial charge is 0.229 e. The van der Waals surface area contributed by atoms with E-state index < -0.39 is 0 Å². The van der Waals surface area contributed by atoms with Gasteiger partial charge in [-0.25, -0.2) is 9.40 Å². The maximum Gasteiger partial charge on any atom is 0.229 e. The molecule has 114 valence electrons. The van der Waals surface area contributed by atoms with E-state index in [0.29, 0.717) is 29.9 Å². The molecule has 2 aliphatic heterocycles. The highest BCUT2D eigenvalue weighted by Crippen LogP contribution is 2.38. The average Bonchev–Trinajstić information content (AvgIpc) is 2.85. The van der Waals surface area contributed by atoms with Crippen molar-refractivity contribution in [2.75, 3.05) is 10.0 Å². The lowest BCUT2D eigenvalue weighted by atomic mass is 10.0. The third-order valence-corrected chi connectivity index (χ3v) is 3.77. The average molecular weight is 302 g/mol. The standard InChI is InChI=1S/C15H13FN4O.H2O/c16-12-5-1-3-10-6-7-13-15(21)19(18-20(13)14(10)12)11-4-2-8-17-9-11;/h1-5,8-9,18,21H,6-7H2;1H2. The number of hydrogen-bond acceptors (Lipinski definition) is 5. The first-order chi connectivity index (χ1) is 10.3. The number of anilines is 2. The van der Waals surface area contributed by atoms with Crippen molar-refractivity contribution in [1.29, 1.82) is 0 Å². The number of aryl methyl sites for hydroxylation is 1. The predicted octanol–water partition coefficient (Wildman–Crippen LogP) is 1.82. The van der Waals surface area contributed by atoms with Crippen LogP contribution in [0.25, 0.3) is 0 Å². The van der Waals surface area contributed by atoms with Crippen LogP contribution in [0.3, 0.4) is 0 Å². The first-order valence-corrected chi connectivity index (χ1v) is 6.72. The van der Waals surface area contributed by atoms with Crippen molar-refractivity contribution in [3.05, 3.63) is 65.7 Å². The van der Waals surface area contributed by atoms with Crippen molar-refractivity contribution in [2.45, 2.75) is 12.8 Å².